The number of hydrogen-bond acceptors (Lipinski definition) is 6. The van der Waals surface area contributed by atoms with Crippen LogP contribution in [0.4, 0.5) is 0 Å². The highest BCUT2D eigenvalue weighted by Gasteiger charge is 2.23. The van der Waals surface area contributed by atoms with E-state index < -0.39 is 23.8 Å². The third kappa shape index (κ3) is 3.86. The van der Waals surface area contributed by atoms with Gasteiger partial charge in [-0.15, -0.1) is 0 Å². The molecule has 2 N–H and O–H groups in total. The van der Waals surface area contributed by atoms with Gasteiger partial charge >= 0.3 is 11.9 Å². The Morgan fingerprint density at radius 3 is 1.62 bits per heavy atom. The van der Waals surface area contributed by atoms with Crippen LogP contribution >= 0.6 is 0 Å². The highest BCUT2D eigenvalue weighted by molar-refractivity contribution is 5.74. The van der Waals surface area contributed by atoms with Gasteiger partial charge in [0.2, 0.25) is 0 Å². The summed E-state index contributed by atoms with van der Waals surface area (Å²) >= 11 is 0. The molecule has 0 saturated carbocycles. The molecule has 0 aliphatic carbocycles. The van der Waals surface area contributed by atoms with Gasteiger partial charge in [-0.25, -0.2) is 9.59 Å². The topological polar surface area (TPSA) is 93.1 Å². The standard InChI is InChI=1S/C7H12O6/c1-4(6(8)12-10)3-5(2)7(9)13-11/h4-5,10-11H,3H2,1-2H3. The lowest BCUT2D eigenvalue weighted by molar-refractivity contribution is -0.242. The summed E-state index contributed by atoms with van der Waals surface area (Å²) in [6.07, 6.45) is 0.138. The van der Waals surface area contributed by atoms with E-state index >= 15 is 0 Å². The zero-order valence-corrected chi connectivity index (χ0v) is 7.39. The Morgan fingerprint density at radius 2 is 1.38 bits per heavy atom. The van der Waals surface area contributed by atoms with Crippen LogP contribution in [-0.2, 0) is 19.4 Å². The normalized spacial score (nSPS) is 14.5. The Kier molecular flexibility index (Phi) is 5.01. The van der Waals surface area contributed by atoms with Crippen molar-refractivity contribution in [2.45, 2.75) is 20.3 Å². The molecule has 0 rings (SSSR count). The Labute approximate surface area is 74.9 Å². The Morgan fingerprint density at radius 1 is 1.08 bits per heavy atom. The zero-order chi connectivity index (χ0) is 10.4. The largest absolute Gasteiger partial charge is 0.344 e. The van der Waals surface area contributed by atoms with Crippen LogP contribution in [0, 0.1) is 11.8 Å². The van der Waals surface area contributed by atoms with Gasteiger partial charge in [0.1, 0.15) is 0 Å². The highest BCUT2D eigenvalue weighted by Crippen LogP contribution is 2.13. The number of carbonyl (C=O) groups excluding carboxylic acids is 2. The SMILES string of the molecule is CC(CC(C)C(=O)OO)C(=O)OO. The second kappa shape index (κ2) is 5.50. The van der Waals surface area contributed by atoms with Crippen molar-refractivity contribution in [3.8, 4) is 0 Å². The van der Waals surface area contributed by atoms with Gasteiger partial charge < -0.3 is 9.78 Å². The molecule has 0 aromatic rings. The first-order valence-electron chi connectivity index (χ1n) is 3.73. The first kappa shape index (κ1) is 11.9. The number of hydrogen-bond donors (Lipinski definition) is 2. The molecule has 0 amide bonds. The first-order valence-corrected chi connectivity index (χ1v) is 3.73. The molecule has 0 aliphatic heterocycles. The third-order valence-corrected chi connectivity index (χ3v) is 1.69. The summed E-state index contributed by atoms with van der Waals surface area (Å²) in [6.45, 7) is 2.97. The molecule has 2 atom stereocenters. The van der Waals surface area contributed by atoms with Gasteiger partial charge in [-0.05, 0) is 6.42 Å². The van der Waals surface area contributed by atoms with Crippen molar-refractivity contribution in [1.29, 1.82) is 0 Å². The van der Waals surface area contributed by atoms with E-state index in [1.807, 2.05) is 0 Å². The molecule has 0 aliphatic rings. The maximum absolute atomic E-state index is 10.7. The van der Waals surface area contributed by atoms with Gasteiger partial charge in [-0.1, -0.05) is 13.8 Å². The average Bonchev–Trinajstić information content (AvgIpc) is 2.14. The van der Waals surface area contributed by atoms with Crippen LogP contribution in [0.1, 0.15) is 20.3 Å². The summed E-state index contributed by atoms with van der Waals surface area (Å²) in [5, 5.41) is 16.0. The fourth-order valence-electron chi connectivity index (χ4n) is 0.903. The molecule has 0 saturated heterocycles. The minimum absolute atomic E-state index is 0.138. The van der Waals surface area contributed by atoms with E-state index in [-0.39, 0.29) is 6.42 Å². The summed E-state index contributed by atoms with van der Waals surface area (Å²) in [7, 11) is 0. The average molecular weight is 192 g/mol. The van der Waals surface area contributed by atoms with Gasteiger partial charge in [0.05, 0.1) is 11.8 Å². The minimum atomic E-state index is -0.822. The van der Waals surface area contributed by atoms with Crippen LogP contribution in [0.5, 0.6) is 0 Å². The lowest BCUT2D eigenvalue weighted by Crippen LogP contribution is -2.21. The fourth-order valence-corrected chi connectivity index (χ4v) is 0.903. The quantitative estimate of drug-likeness (QED) is 0.502. The van der Waals surface area contributed by atoms with E-state index in [0.29, 0.717) is 0 Å². The van der Waals surface area contributed by atoms with E-state index in [1.54, 1.807) is 0 Å². The van der Waals surface area contributed by atoms with Crippen molar-refractivity contribution in [3.05, 3.63) is 0 Å². The number of carbonyl (C=O) groups is 2. The molecule has 13 heavy (non-hydrogen) atoms. The molecule has 6 nitrogen and oxygen atoms in total. The number of rotatable bonds is 4. The van der Waals surface area contributed by atoms with Crippen molar-refractivity contribution in [1.82, 2.24) is 0 Å². The maximum atomic E-state index is 10.7. The summed E-state index contributed by atoms with van der Waals surface area (Å²) in [5.41, 5.74) is 0. The van der Waals surface area contributed by atoms with Crippen molar-refractivity contribution in [3.63, 3.8) is 0 Å². The second-order valence-electron chi connectivity index (χ2n) is 2.86. The zero-order valence-electron chi connectivity index (χ0n) is 7.39. The first-order chi connectivity index (χ1) is 6.02. The van der Waals surface area contributed by atoms with Crippen molar-refractivity contribution < 1.29 is 29.9 Å². The maximum Gasteiger partial charge on any atom is 0.344 e. The summed E-state index contributed by atoms with van der Waals surface area (Å²) in [4.78, 5) is 28.3. The van der Waals surface area contributed by atoms with Gasteiger partial charge in [0, 0.05) is 0 Å². The Bertz CT molecular complexity index is 169. The summed E-state index contributed by atoms with van der Waals surface area (Å²) in [5.74, 6) is -2.90. The smallest absolute Gasteiger partial charge is 0.301 e. The lowest BCUT2D eigenvalue weighted by Gasteiger charge is -2.10. The van der Waals surface area contributed by atoms with Crippen LogP contribution in [0.15, 0.2) is 0 Å². The van der Waals surface area contributed by atoms with E-state index in [1.165, 1.54) is 13.8 Å². The van der Waals surface area contributed by atoms with E-state index in [2.05, 4.69) is 9.78 Å². The van der Waals surface area contributed by atoms with Gasteiger partial charge in [-0.2, -0.15) is 10.5 Å². The van der Waals surface area contributed by atoms with E-state index in [9.17, 15) is 9.59 Å². The van der Waals surface area contributed by atoms with Crippen LogP contribution in [0.2, 0.25) is 0 Å². The highest BCUT2D eigenvalue weighted by atomic mass is 17.1. The van der Waals surface area contributed by atoms with Gasteiger partial charge in [0.15, 0.2) is 0 Å². The predicted molar refractivity (Wildman–Crippen MR) is 40.4 cm³/mol. The van der Waals surface area contributed by atoms with Crippen LogP contribution in [-0.4, -0.2) is 22.5 Å². The molecule has 0 heterocycles. The molecular weight excluding hydrogens is 180 g/mol. The van der Waals surface area contributed by atoms with Gasteiger partial charge in [0.25, 0.3) is 0 Å². The van der Waals surface area contributed by atoms with E-state index in [0.717, 1.165) is 0 Å². The second-order valence-corrected chi connectivity index (χ2v) is 2.86. The summed E-state index contributed by atoms with van der Waals surface area (Å²) < 4.78 is 0. The van der Waals surface area contributed by atoms with Gasteiger partial charge in [-0.3, -0.25) is 0 Å². The summed E-state index contributed by atoms with van der Waals surface area (Å²) in [6, 6.07) is 0. The molecule has 0 radical (unpaired) electrons. The Balaban J connectivity index is 3.98. The molecule has 0 aromatic heterocycles. The van der Waals surface area contributed by atoms with Crippen molar-refractivity contribution in [2.75, 3.05) is 0 Å². The molecule has 0 aromatic carbocycles. The lowest BCUT2D eigenvalue weighted by atomic mass is 9.98. The molecular formula is C7H12O6. The van der Waals surface area contributed by atoms with E-state index in [4.69, 9.17) is 10.5 Å². The molecule has 0 bridgehead atoms. The minimum Gasteiger partial charge on any atom is -0.301 e. The van der Waals surface area contributed by atoms with Crippen LogP contribution in [0.25, 0.3) is 0 Å². The van der Waals surface area contributed by atoms with Crippen molar-refractivity contribution >= 4 is 11.9 Å². The molecule has 2 unspecified atom stereocenters. The molecule has 6 heteroatoms. The third-order valence-electron chi connectivity index (χ3n) is 1.69. The predicted octanol–water partition coefficient (Wildman–Crippen LogP) is 0.681. The van der Waals surface area contributed by atoms with Crippen LogP contribution in [0.3, 0.4) is 0 Å². The van der Waals surface area contributed by atoms with Crippen LogP contribution < -0.4 is 0 Å². The van der Waals surface area contributed by atoms with Crippen molar-refractivity contribution in [2.24, 2.45) is 11.8 Å². The molecule has 76 valence electrons. The molecule has 0 spiro atoms. The fraction of sp³-hybridized carbons (Fsp3) is 0.714. The molecule has 0 fully saturated rings. The Hall–Kier alpha value is -1.14. The monoisotopic (exact) mass is 192 g/mol.